The van der Waals surface area contributed by atoms with Crippen LogP contribution in [0.3, 0.4) is 0 Å². The van der Waals surface area contributed by atoms with Gasteiger partial charge >= 0.3 is 16.8 Å². The Bertz CT molecular complexity index is 702. The van der Waals surface area contributed by atoms with E-state index in [2.05, 4.69) is 9.98 Å². The van der Waals surface area contributed by atoms with Gasteiger partial charge in [-0.1, -0.05) is 24.3 Å². The zero-order valence-corrected chi connectivity index (χ0v) is 18.1. The molecule has 159 valence electrons. The second-order valence-electron chi connectivity index (χ2n) is 5.87. The van der Waals surface area contributed by atoms with Crippen LogP contribution in [0.4, 0.5) is 0 Å². The smallest absolute Gasteiger partial charge is 0.542 e. The Balaban J connectivity index is 0.000000523. The number of amidine groups is 2. The quantitative estimate of drug-likeness (QED) is 0.440. The summed E-state index contributed by atoms with van der Waals surface area (Å²) in [4.78, 5) is 32.4. The fourth-order valence-corrected chi connectivity index (χ4v) is 2.56. The van der Waals surface area contributed by atoms with E-state index in [0.29, 0.717) is 13.1 Å². The summed E-state index contributed by atoms with van der Waals surface area (Å²) in [7, 11) is 3.37. The molecule has 0 fully saturated rings. The molecule has 29 heavy (non-hydrogen) atoms. The van der Waals surface area contributed by atoms with E-state index >= 15 is 0 Å². The van der Waals surface area contributed by atoms with Crippen LogP contribution in [-0.4, -0.2) is 60.6 Å². The third-order valence-electron chi connectivity index (χ3n) is 3.98. The number of nitrogens with zero attached hydrogens (tertiary/aromatic N) is 4. The topological polar surface area (TPSA) is 111 Å². The SMILES string of the molecule is CCN=C(C(=O)[O-])N(C)C1=CC=CC1.CCN=C(C(=O)[O-])N(C)C1=CC=CC1.[Co+2]. The van der Waals surface area contributed by atoms with Gasteiger partial charge in [-0.3, -0.25) is 9.98 Å². The Morgan fingerprint density at radius 3 is 1.41 bits per heavy atom. The van der Waals surface area contributed by atoms with Gasteiger partial charge in [0.25, 0.3) is 0 Å². The second kappa shape index (κ2) is 13.5. The Morgan fingerprint density at radius 1 is 0.862 bits per heavy atom. The van der Waals surface area contributed by atoms with E-state index in [1.807, 2.05) is 36.5 Å². The molecular formula is C20H26CoN4O4. The van der Waals surface area contributed by atoms with Gasteiger partial charge in [0.2, 0.25) is 0 Å². The van der Waals surface area contributed by atoms with E-state index in [1.54, 1.807) is 37.7 Å². The summed E-state index contributed by atoms with van der Waals surface area (Å²) < 4.78 is 0. The normalized spacial score (nSPS) is 15.0. The van der Waals surface area contributed by atoms with Crippen molar-refractivity contribution in [2.75, 3.05) is 27.2 Å². The Kier molecular flexibility index (Phi) is 12.3. The van der Waals surface area contributed by atoms with Gasteiger partial charge in [-0.05, 0) is 26.0 Å². The van der Waals surface area contributed by atoms with Crippen molar-refractivity contribution in [2.24, 2.45) is 9.98 Å². The summed E-state index contributed by atoms with van der Waals surface area (Å²) in [5.41, 5.74) is 1.84. The largest absolute Gasteiger partial charge is 2.00 e. The van der Waals surface area contributed by atoms with Gasteiger partial charge in [0, 0.05) is 51.4 Å². The third kappa shape index (κ3) is 8.08. The molecule has 0 aromatic heterocycles. The van der Waals surface area contributed by atoms with E-state index in [9.17, 15) is 19.8 Å². The molecule has 0 atom stereocenters. The van der Waals surface area contributed by atoms with E-state index in [-0.39, 0.29) is 28.5 Å². The van der Waals surface area contributed by atoms with Crippen LogP contribution in [0, 0.1) is 0 Å². The Morgan fingerprint density at radius 2 is 1.21 bits per heavy atom. The molecule has 2 aliphatic carbocycles. The molecule has 0 spiro atoms. The number of hydrogen-bond acceptors (Lipinski definition) is 6. The van der Waals surface area contributed by atoms with E-state index in [0.717, 1.165) is 24.2 Å². The molecule has 9 heteroatoms. The molecule has 0 saturated carbocycles. The summed E-state index contributed by atoms with van der Waals surface area (Å²) >= 11 is 0. The molecule has 0 N–H and O–H groups in total. The predicted octanol–water partition coefficient (Wildman–Crippen LogP) is -0.142. The predicted molar refractivity (Wildman–Crippen MR) is 105 cm³/mol. The van der Waals surface area contributed by atoms with Crippen LogP contribution in [0.1, 0.15) is 26.7 Å². The van der Waals surface area contributed by atoms with Gasteiger partial charge < -0.3 is 29.6 Å². The summed E-state index contributed by atoms with van der Waals surface area (Å²) in [5, 5.41) is 21.5. The molecule has 0 heterocycles. The molecule has 1 radical (unpaired) electrons. The number of hydrogen-bond donors (Lipinski definition) is 0. The number of carbonyl (C=O) groups is 2. The van der Waals surface area contributed by atoms with Crippen molar-refractivity contribution in [2.45, 2.75) is 26.7 Å². The molecule has 0 aromatic carbocycles. The molecule has 0 amide bonds. The Labute approximate surface area is 181 Å². The second-order valence-corrected chi connectivity index (χ2v) is 5.87. The first-order valence-electron chi connectivity index (χ1n) is 9.03. The number of aliphatic carboxylic acids is 2. The van der Waals surface area contributed by atoms with Crippen molar-refractivity contribution < 1.29 is 36.6 Å². The van der Waals surface area contributed by atoms with Gasteiger partial charge in [0.15, 0.2) is 11.7 Å². The summed E-state index contributed by atoms with van der Waals surface area (Å²) in [6, 6.07) is 0. The fraction of sp³-hybridized carbons (Fsp3) is 0.400. The first-order chi connectivity index (χ1) is 13.3. The van der Waals surface area contributed by atoms with Crippen molar-refractivity contribution in [3.05, 3.63) is 47.9 Å². The molecular weight excluding hydrogens is 419 g/mol. The van der Waals surface area contributed by atoms with Crippen LogP contribution in [-0.2, 0) is 26.4 Å². The van der Waals surface area contributed by atoms with Crippen LogP contribution < -0.4 is 10.2 Å². The molecule has 0 saturated heterocycles. The number of allylic oxidation sites excluding steroid dienone is 6. The number of carboxylic acid groups (broad SMARTS) is 2. The number of likely N-dealkylation sites (N-methyl/N-ethyl adjacent to an activating group) is 2. The zero-order chi connectivity index (χ0) is 21.1. The molecule has 0 bridgehead atoms. The maximum Gasteiger partial charge on any atom is 2.00 e. The van der Waals surface area contributed by atoms with Crippen molar-refractivity contribution in [3.63, 3.8) is 0 Å². The van der Waals surface area contributed by atoms with E-state index in [4.69, 9.17) is 0 Å². The first-order valence-corrected chi connectivity index (χ1v) is 9.03. The number of aliphatic imine (C=N–C) groups is 2. The summed E-state index contributed by atoms with van der Waals surface area (Å²) in [5.74, 6) is -2.49. The number of rotatable bonds is 4. The molecule has 0 unspecified atom stereocenters. The van der Waals surface area contributed by atoms with Gasteiger partial charge in [-0.15, -0.1) is 0 Å². The first kappa shape index (κ1) is 26.3. The van der Waals surface area contributed by atoms with Crippen LogP contribution in [0.2, 0.25) is 0 Å². The minimum absolute atomic E-state index is 0. The minimum atomic E-state index is -1.23. The average molecular weight is 445 g/mol. The van der Waals surface area contributed by atoms with Gasteiger partial charge in [0.1, 0.15) is 11.9 Å². The Hall–Kier alpha value is -2.65. The minimum Gasteiger partial charge on any atom is -0.542 e. The molecule has 0 aromatic rings. The van der Waals surface area contributed by atoms with Crippen molar-refractivity contribution in [1.29, 1.82) is 0 Å². The molecule has 0 aliphatic heterocycles. The van der Waals surface area contributed by atoms with Gasteiger partial charge in [-0.2, -0.15) is 0 Å². The maximum atomic E-state index is 10.8. The number of carboxylic acids is 2. The van der Waals surface area contributed by atoms with Crippen LogP contribution >= 0.6 is 0 Å². The third-order valence-corrected chi connectivity index (χ3v) is 3.98. The molecule has 8 nitrogen and oxygen atoms in total. The van der Waals surface area contributed by atoms with Crippen molar-refractivity contribution in [1.82, 2.24) is 9.80 Å². The van der Waals surface area contributed by atoms with E-state index in [1.165, 1.54) is 0 Å². The van der Waals surface area contributed by atoms with E-state index < -0.39 is 11.9 Å². The fourth-order valence-electron chi connectivity index (χ4n) is 2.56. The maximum absolute atomic E-state index is 10.8. The zero-order valence-electron chi connectivity index (χ0n) is 17.0. The van der Waals surface area contributed by atoms with Crippen LogP contribution in [0.5, 0.6) is 0 Å². The van der Waals surface area contributed by atoms with Crippen molar-refractivity contribution in [3.8, 4) is 0 Å². The van der Waals surface area contributed by atoms with Crippen molar-refractivity contribution >= 4 is 23.6 Å². The van der Waals surface area contributed by atoms with Gasteiger partial charge in [0.05, 0.1) is 0 Å². The standard InChI is InChI=1S/2C10H14N2O2.Co/c2*1-3-11-9(10(13)14)12(2)8-6-4-5-7-8;/h2*4-6H,3,7H2,1-2H3,(H,13,14);/q;;+2/p-2. The molecule has 2 rings (SSSR count). The molecule has 2 aliphatic rings. The monoisotopic (exact) mass is 445 g/mol. The number of carbonyl (C=O) groups excluding carboxylic acids is 2. The summed E-state index contributed by atoms with van der Waals surface area (Å²) in [6.45, 7) is 4.46. The van der Waals surface area contributed by atoms with Gasteiger partial charge in [-0.25, -0.2) is 0 Å². The van der Waals surface area contributed by atoms with Crippen LogP contribution in [0.15, 0.2) is 57.8 Å². The van der Waals surface area contributed by atoms with Crippen LogP contribution in [0.25, 0.3) is 0 Å². The average Bonchev–Trinajstić information content (AvgIpc) is 3.36. The summed E-state index contributed by atoms with van der Waals surface area (Å²) in [6.07, 6.45) is 12.9.